The van der Waals surface area contributed by atoms with Gasteiger partial charge in [0.05, 0.1) is 0 Å². The Kier molecular flexibility index (Phi) is 10.0. The predicted octanol–water partition coefficient (Wildman–Crippen LogP) is 1.40. The van der Waals surface area contributed by atoms with E-state index in [1.807, 2.05) is 20.8 Å². The highest BCUT2D eigenvalue weighted by atomic mass is 16.4. The van der Waals surface area contributed by atoms with E-state index < -0.39 is 12.0 Å². The lowest BCUT2D eigenvalue weighted by atomic mass is 10.2. The van der Waals surface area contributed by atoms with Gasteiger partial charge in [-0.25, -0.2) is 4.79 Å². The van der Waals surface area contributed by atoms with Crippen LogP contribution in [0.15, 0.2) is 0 Å². The van der Waals surface area contributed by atoms with Crippen molar-refractivity contribution in [3.63, 3.8) is 0 Å². The molecule has 0 saturated heterocycles. The molecule has 0 rings (SSSR count). The predicted molar refractivity (Wildman–Crippen MR) is 51.5 cm³/mol. The van der Waals surface area contributed by atoms with Crippen molar-refractivity contribution in [3.8, 4) is 0 Å². The average Bonchev–Trinajstić information content (AvgIpc) is 2.06. The first-order chi connectivity index (χ1) is 6.07. The van der Waals surface area contributed by atoms with Crippen LogP contribution in [0.1, 0.15) is 40.5 Å². The molecule has 1 atom stereocenters. The maximum Gasteiger partial charge on any atom is 0.326 e. The summed E-state index contributed by atoms with van der Waals surface area (Å²) in [5.74, 6) is -1.27. The lowest BCUT2D eigenvalue weighted by molar-refractivity contribution is -0.141. The summed E-state index contributed by atoms with van der Waals surface area (Å²) in [6, 6.07) is -0.725. The fraction of sp³-hybridized carbons (Fsp3) is 0.778. The summed E-state index contributed by atoms with van der Waals surface area (Å²) in [6.45, 7) is 7.18. The Bertz CT molecular complexity index is 157. The number of hydrogen-bond donors (Lipinski definition) is 2. The highest BCUT2D eigenvalue weighted by molar-refractivity contribution is 5.81. The van der Waals surface area contributed by atoms with E-state index in [0.717, 1.165) is 6.42 Å². The van der Waals surface area contributed by atoms with Gasteiger partial charge in [0, 0.05) is 6.92 Å². The number of hydrogen-bond acceptors (Lipinski definition) is 2. The average molecular weight is 189 g/mol. The first-order valence-corrected chi connectivity index (χ1v) is 4.57. The van der Waals surface area contributed by atoms with Crippen LogP contribution in [0.4, 0.5) is 0 Å². The molecule has 0 aromatic heterocycles. The first kappa shape index (κ1) is 14.5. The Morgan fingerprint density at radius 1 is 1.38 bits per heavy atom. The molecule has 1 unspecified atom stereocenters. The van der Waals surface area contributed by atoms with E-state index in [4.69, 9.17) is 5.11 Å². The SMILES string of the molecule is CC.CCCC(NC(C)=O)C(=O)O. The zero-order chi connectivity index (χ0) is 10.9. The molecule has 0 bridgehead atoms. The maximum atomic E-state index is 10.5. The second-order valence-corrected chi connectivity index (χ2v) is 2.38. The standard InChI is InChI=1S/C7H13NO3.C2H6/c1-3-4-6(7(10)11)8-5(2)9;1-2/h6H,3-4H2,1-2H3,(H,8,9)(H,10,11);1-2H3. The first-order valence-electron chi connectivity index (χ1n) is 4.57. The number of amides is 1. The second-order valence-electron chi connectivity index (χ2n) is 2.38. The fourth-order valence-electron chi connectivity index (χ4n) is 0.791. The molecule has 4 nitrogen and oxygen atoms in total. The van der Waals surface area contributed by atoms with E-state index in [2.05, 4.69) is 5.32 Å². The number of carbonyl (C=O) groups excluding carboxylic acids is 1. The molecular formula is C9H19NO3. The van der Waals surface area contributed by atoms with Gasteiger partial charge in [-0.05, 0) is 6.42 Å². The van der Waals surface area contributed by atoms with Crippen LogP contribution in [0.25, 0.3) is 0 Å². The molecule has 13 heavy (non-hydrogen) atoms. The zero-order valence-corrected chi connectivity index (χ0v) is 8.76. The Morgan fingerprint density at radius 3 is 2.08 bits per heavy atom. The van der Waals surface area contributed by atoms with Crippen LogP contribution in [0.3, 0.4) is 0 Å². The molecule has 0 heterocycles. The van der Waals surface area contributed by atoms with Crippen molar-refractivity contribution < 1.29 is 14.7 Å². The van der Waals surface area contributed by atoms with Crippen LogP contribution >= 0.6 is 0 Å². The van der Waals surface area contributed by atoms with Crippen molar-refractivity contribution in [2.45, 2.75) is 46.6 Å². The fourth-order valence-corrected chi connectivity index (χ4v) is 0.791. The van der Waals surface area contributed by atoms with Crippen LogP contribution in [0, 0.1) is 0 Å². The van der Waals surface area contributed by atoms with Crippen LogP contribution in [0.2, 0.25) is 0 Å². The summed E-state index contributed by atoms with van der Waals surface area (Å²) in [5.41, 5.74) is 0. The van der Waals surface area contributed by atoms with E-state index >= 15 is 0 Å². The van der Waals surface area contributed by atoms with Gasteiger partial charge in [0.25, 0.3) is 0 Å². The third kappa shape index (κ3) is 8.85. The molecule has 0 aliphatic heterocycles. The van der Waals surface area contributed by atoms with Gasteiger partial charge in [0.1, 0.15) is 6.04 Å². The van der Waals surface area contributed by atoms with E-state index in [-0.39, 0.29) is 5.91 Å². The lowest BCUT2D eigenvalue weighted by Crippen LogP contribution is -2.39. The molecule has 0 radical (unpaired) electrons. The van der Waals surface area contributed by atoms with Crippen LogP contribution in [0.5, 0.6) is 0 Å². The van der Waals surface area contributed by atoms with E-state index in [9.17, 15) is 9.59 Å². The number of nitrogens with one attached hydrogen (secondary N) is 1. The van der Waals surface area contributed by atoms with Crippen molar-refractivity contribution in [1.82, 2.24) is 5.32 Å². The number of carboxylic acid groups (broad SMARTS) is 1. The number of carboxylic acids is 1. The Hall–Kier alpha value is -1.06. The minimum atomic E-state index is -0.970. The third-order valence-electron chi connectivity index (χ3n) is 1.25. The molecule has 0 aromatic rings. The molecule has 0 saturated carbocycles. The van der Waals surface area contributed by atoms with E-state index in [1.54, 1.807) is 0 Å². The molecule has 78 valence electrons. The molecule has 0 aliphatic carbocycles. The van der Waals surface area contributed by atoms with Crippen molar-refractivity contribution >= 4 is 11.9 Å². The van der Waals surface area contributed by atoms with Crippen molar-refractivity contribution in [2.24, 2.45) is 0 Å². The summed E-state index contributed by atoms with van der Waals surface area (Å²) >= 11 is 0. The van der Waals surface area contributed by atoms with Crippen LogP contribution in [-0.2, 0) is 9.59 Å². The van der Waals surface area contributed by atoms with Gasteiger partial charge in [-0.3, -0.25) is 4.79 Å². The Morgan fingerprint density at radius 2 is 1.85 bits per heavy atom. The molecule has 4 heteroatoms. The van der Waals surface area contributed by atoms with Crippen molar-refractivity contribution in [2.75, 3.05) is 0 Å². The molecule has 1 amide bonds. The molecule has 0 aromatic carbocycles. The topological polar surface area (TPSA) is 66.4 Å². The van der Waals surface area contributed by atoms with Gasteiger partial charge in [-0.1, -0.05) is 27.2 Å². The normalized spacial score (nSPS) is 10.8. The molecular weight excluding hydrogens is 170 g/mol. The third-order valence-corrected chi connectivity index (χ3v) is 1.25. The van der Waals surface area contributed by atoms with E-state index in [1.165, 1.54) is 6.92 Å². The summed E-state index contributed by atoms with van der Waals surface area (Å²) in [4.78, 5) is 20.9. The molecule has 0 fully saturated rings. The minimum absolute atomic E-state index is 0.300. The summed E-state index contributed by atoms with van der Waals surface area (Å²) < 4.78 is 0. The summed E-state index contributed by atoms with van der Waals surface area (Å²) in [5, 5.41) is 10.9. The van der Waals surface area contributed by atoms with Crippen molar-refractivity contribution in [3.05, 3.63) is 0 Å². The van der Waals surface area contributed by atoms with Gasteiger partial charge in [-0.15, -0.1) is 0 Å². The van der Waals surface area contributed by atoms with Gasteiger partial charge in [0.15, 0.2) is 0 Å². The molecule has 0 aliphatic rings. The Balaban J connectivity index is 0. The van der Waals surface area contributed by atoms with Crippen LogP contribution in [-0.4, -0.2) is 23.0 Å². The molecule has 0 spiro atoms. The number of aliphatic carboxylic acids is 1. The Labute approximate surface area is 79.3 Å². The molecule has 2 N–H and O–H groups in total. The van der Waals surface area contributed by atoms with Crippen LogP contribution < -0.4 is 5.32 Å². The zero-order valence-electron chi connectivity index (χ0n) is 8.76. The maximum absolute atomic E-state index is 10.5. The largest absolute Gasteiger partial charge is 0.480 e. The summed E-state index contributed by atoms with van der Waals surface area (Å²) in [7, 11) is 0. The highest BCUT2D eigenvalue weighted by Crippen LogP contribution is 1.95. The monoisotopic (exact) mass is 189 g/mol. The number of carbonyl (C=O) groups is 2. The minimum Gasteiger partial charge on any atom is -0.480 e. The van der Waals surface area contributed by atoms with Gasteiger partial charge >= 0.3 is 5.97 Å². The summed E-state index contributed by atoms with van der Waals surface area (Å²) in [6.07, 6.45) is 1.23. The number of rotatable bonds is 4. The smallest absolute Gasteiger partial charge is 0.326 e. The quantitative estimate of drug-likeness (QED) is 0.702. The van der Waals surface area contributed by atoms with Gasteiger partial charge in [-0.2, -0.15) is 0 Å². The lowest BCUT2D eigenvalue weighted by Gasteiger charge is -2.10. The highest BCUT2D eigenvalue weighted by Gasteiger charge is 2.15. The second kappa shape index (κ2) is 9.03. The van der Waals surface area contributed by atoms with Gasteiger partial charge in [0.2, 0.25) is 5.91 Å². The van der Waals surface area contributed by atoms with Crippen molar-refractivity contribution in [1.29, 1.82) is 0 Å². The van der Waals surface area contributed by atoms with E-state index in [0.29, 0.717) is 6.42 Å². The van der Waals surface area contributed by atoms with Gasteiger partial charge < -0.3 is 10.4 Å².